The van der Waals surface area contributed by atoms with E-state index in [1.54, 1.807) is 6.20 Å². The van der Waals surface area contributed by atoms with Gasteiger partial charge in [-0.15, -0.1) is 0 Å². The molecule has 0 aliphatic heterocycles. The Morgan fingerprint density at radius 1 is 1.06 bits per heavy atom. The van der Waals surface area contributed by atoms with Gasteiger partial charge in [0.25, 0.3) is 0 Å². The number of hydrogen-bond acceptors (Lipinski definition) is 3. The molecule has 1 aromatic carbocycles. The number of rotatable bonds is 3. The summed E-state index contributed by atoms with van der Waals surface area (Å²) in [6.45, 7) is 4.27. The molecule has 2 rings (SSSR count). The monoisotopic (exact) mass is 282 g/mol. The van der Waals surface area contributed by atoms with E-state index in [4.69, 9.17) is 27.9 Å². The van der Waals surface area contributed by atoms with Crippen LogP contribution in [0.5, 0.6) is 5.75 Å². The van der Waals surface area contributed by atoms with Crippen molar-refractivity contribution in [1.82, 2.24) is 9.97 Å². The molecule has 18 heavy (non-hydrogen) atoms. The second-order valence-electron chi connectivity index (χ2n) is 3.99. The maximum Gasteiger partial charge on any atom is 0.147 e. The van der Waals surface area contributed by atoms with Crippen molar-refractivity contribution in [2.24, 2.45) is 0 Å². The van der Waals surface area contributed by atoms with Crippen molar-refractivity contribution >= 4 is 23.2 Å². The second-order valence-corrected chi connectivity index (χ2v) is 4.81. The molecule has 0 N–H and O–H groups in total. The van der Waals surface area contributed by atoms with Crippen LogP contribution < -0.4 is 4.74 Å². The molecule has 0 aliphatic rings. The molecule has 2 aromatic rings. The number of benzene rings is 1. The molecule has 0 spiro atoms. The highest BCUT2D eigenvalue weighted by Gasteiger charge is 2.06. The summed E-state index contributed by atoms with van der Waals surface area (Å²) in [5.41, 5.74) is 2.73. The van der Waals surface area contributed by atoms with Crippen LogP contribution in [-0.4, -0.2) is 9.97 Å². The Bertz CT molecular complexity index is 532. The lowest BCUT2D eigenvalue weighted by Gasteiger charge is -2.12. The summed E-state index contributed by atoms with van der Waals surface area (Å²) in [6, 6.07) is 3.74. The quantitative estimate of drug-likeness (QED) is 0.854. The fraction of sp³-hybridized carbons (Fsp3) is 0.231. The molecule has 0 amide bonds. The van der Waals surface area contributed by atoms with Crippen molar-refractivity contribution in [1.29, 1.82) is 0 Å². The molecule has 94 valence electrons. The summed E-state index contributed by atoms with van der Waals surface area (Å²) in [4.78, 5) is 8.08. The maximum absolute atomic E-state index is 5.96. The third-order valence-electron chi connectivity index (χ3n) is 2.46. The molecule has 0 unspecified atom stereocenters. The fourth-order valence-electron chi connectivity index (χ4n) is 1.68. The number of ether oxygens (including phenoxy) is 1. The molecular formula is C13H12Cl2N2O. The molecular weight excluding hydrogens is 271 g/mol. The zero-order chi connectivity index (χ0) is 13.1. The zero-order valence-corrected chi connectivity index (χ0v) is 11.6. The Balaban J connectivity index is 2.13. The summed E-state index contributed by atoms with van der Waals surface area (Å²) in [7, 11) is 0. The Kier molecular flexibility index (Phi) is 4.04. The largest absolute Gasteiger partial charge is 0.487 e. The summed E-state index contributed by atoms with van der Waals surface area (Å²) >= 11 is 11.6. The second kappa shape index (κ2) is 5.55. The first-order valence-corrected chi connectivity index (χ1v) is 6.18. The standard InChI is InChI=1S/C13H12Cl2N2O/c1-8-3-10(14)4-9(2)13(8)18-7-11-5-17-12(15)6-16-11/h3-6H,7H2,1-2H3. The van der Waals surface area contributed by atoms with E-state index in [1.807, 2.05) is 26.0 Å². The van der Waals surface area contributed by atoms with Crippen LogP contribution in [0.3, 0.4) is 0 Å². The van der Waals surface area contributed by atoms with Crippen LogP contribution in [0.25, 0.3) is 0 Å². The molecule has 0 saturated carbocycles. The number of nitrogens with zero attached hydrogens (tertiary/aromatic N) is 2. The third-order valence-corrected chi connectivity index (χ3v) is 2.88. The van der Waals surface area contributed by atoms with E-state index >= 15 is 0 Å². The van der Waals surface area contributed by atoms with Crippen molar-refractivity contribution < 1.29 is 4.74 Å². The molecule has 0 bridgehead atoms. The number of halogens is 2. The number of hydrogen-bond donors (Lipinski definition) is 0. The molecule has 3 nitrogen and oxygen atoms in total. The first kappa shape index (κ1) is 13.1. The van der Waals surface area contributed by atoms with Gasteiger partial charge in [-0.3, -0.25) is 4.98 Å². The predicted molar refractivity (Wildman–Crippen MR) is 72.3 cm³/mol. The third kappa shape index (κ3) is 3.12. The lowest BCUT2D eigenvalue weighted by atomic mass is 10.1. The minimum absolute atomic E-state index is 0.355. The fourth-order valence-corrected chi connectivity index (χ4v) is 2.11. The van der Waals surface area contributed by atoms with Crippen LogP contribution in [0.4, 0.5) is 0 Å². The van der Waals surface area contributed by atoms with Gasteiger partial charge < -0.3 is 4.74 Å². The smallest absolute Gasteiger partial charge is 0.147 e. The lowest BCUT2D eigenvalue weighted by molar-refractivity contribution is 0.296. The van der Waals surface area contributed by atoms with Gasteiger partial charge in [-0.25, -0.2) is 4.98 Å². The first-order chi connectivity index (χ1) is 8.56. The van der Waals surface area contributed by atoms with Crippen LogP contribution in [0.15, 0.2) is 24.5 Å². The lowest BCUT2D eigenvalue weighted by Crippen LogP contribution is -2.01. The van der Waals surface area contributed by atoms with Crippen LogP contribution in [0.1, 0.15) is 16.8 Å². The van der Waals surface area contributed by atoms with Crippen LogP contribution in [0, 0.1) is 13.8 Å². The average Bonchev–Trinajstić information content (AvgIpc) is 2.30. The zero-order valence-electron chi connectivity index (χ0n) is 10.1. The summed E-state index contributed by atoms with van der Waals surface area (Å²) in [6.07, 6.45) is 3.10. The van der Waals surface area contributed by atoms with Gasteiger partial charge in [-0.05, 0) is 37.1 Å². The van der Waals surface area contributed by atoms with Gasteiger partial charge in [0.2, 0.25) is 0 Å². The maximum atomic E-state index is 5.96. The first-order valence-electron chi connectivity index (χ1n) is 5.42. The van der Waals surface area contributed by atoms with E-state index < -0.39 is 0 Å². The Morgan fingerprint density at radius 3 is 2.28 bits per heavy atom. The molecule has 0 saturated heterocycles. The molecule has 0 aliphatic carbocycles. The van der Waals surface area contributed by atoms with Crippen LogP contribution in [-0.2, 0) is 6.61 Å². The molecule has 1 aromatic heterocycles. The van der Waals surface area contributed by atoms with Gasteiger partial charge in [0.1, 0.15) is 17.5 Å². The van der Waals surface area contributed by atoms with Gasteiger partial charge in [0, 0.05) is 5.02 Å². The summed E-state index contributed by atoms with van der Waals surface area (Å²) < 4.78 is 5.74. The SMILES string of the molecule is Cc1cc(Cl)cc(C)c1OCc1cnc(Cl)cn1. The number of aromatic nitrogens is 2. The van der Waals surface area contributed by atoms with Gasteiger partial charge in [0.05, 0.1) is 18.1 Å². The topological polar surface area (TPSA) is 35.0 Å². The van der Waals surface area contributed by atoms with Gasteiger partial charge in [0.15, 0.2) is 0 Å². The normalized spacial score (nSPS) is 10.4. The Labute approximate surface area is 116 Å². The van der Waals surface area contributed by atoms with E-state index in [9.17, 15) is 0 Å². The molecule has 5 heteroatoms. The highest BCUT2D eigenvalue weighted by molar-refractivity contribution is 6.30. The highest BCUT2D eigenvalue weighted by Crippen LogP contribution is 2.27. The van der Waals surface area contributed by atoms with Crippen LogP contribution >= 0.6 is 23.2 Å². The predicted octanol–water partition coefficient (Wildman–Crippen LogP) is 3.98. The van der Waals surface area contributed by atoms with E-state index in [0.717, 1.165) is 22.6 Å². The van der Waals surface area contributed by atoms with E-state index in [2.05, 4.69) is 9.97 Å². The molecule has 0 radical (unpaired) electrons. The van der Waals surface area contributed by atoms with Gasteiger partial charge in [-0.1, -0.05) is 23.2 Å². The molecule has 1 heterocycles. The van der Waals surface area contributed by atoms with Crippen molar-refractivity contribution in [2.75, 3.05) is 0 Å². The number of aryl methyl sites for hydroxylation is 2. The Hall–Kier alpha value is -1.32. The van der Waals surface area contributed by atoms with Gasteiger partial charge >= 0.3 is 0 Å². The van der Waals surface area contributed by atoms with Crippen LogP contribution in [0.2, 0.25) is 10.2 Å². The Morgan fingerprint density at radius 2 is 1.72 bits per heavy atom. The minimum atomic E-state index is 0.355. The highest BCUT2D eigenvalue weighted by atomic mass is 35.5. The summed E-state index contributed by atoms with van der Waals surface area (Å²) in [5, 5.41) is 1.08. The average molecular weight is 283 g/mol. The van der Waals surface area contributed by atoms with E-state index in [0.29, 0.717) is 16.8 Å². The summed E-state index contributed by atoms with van der Waals surface area (Å²) in [5.74, 6) is 0.830. The minimum Gasteiger partial charge on any atom is -0.487 e. The van der Waals surface area contributed by atoms with Crippen molar-refractivity contribution in [3.63, 3.8) is 0 Å². The van der Waals surface area contributed by atoms with Gasteiger partial charge in [-0.2, -0.15) is 0 Å². The molecule has 0 fully saturated rings. The van der Waals surface area contributed by atoms with Crippen molar-refractivity contribution in [3.8, 4) is 5.75 Å². The van der Waals surface area contributed by atoms with Crippen molar-refractivity contribution in [2.45, 2.75) is 20.5 Å². The molecule has 0 atom stereocenters. The van der Waals surface area contributed by atoms with E-state index in [-0.39, 0.29) is 0 Å². The van der Waals surface area contributed by atoms with E-state index in [1.165, 1.54) is 6.20 Å². The van der Waals surface area contributed by atoms with Crippen molar-refractivity contribution in [3.05, 3.63) is 51.5 Å².